The predicted octanol–water partition coefficient (Wildman–Crippen LogP) is 2.99. The van der Waals surface area contributed by atoms with Crippen molar-refractivity contribution in [3.8, 4) is 0 Å². The molecule has 0 aliphatic rings. The molecule has 0 radical (unpaired) electrons. The molecule has 0 amide bonds. The lowest BCUT2D eigenvalue weighted by molar-refractivity contribution is -0.385. The van der Waals surface area contributed by atoms with Crippen LogP contribution in [-0.2, 0) is 4.79 Å². The fourth-order valence-electron chi connectivity index (χ4n) is 2.13. The van der Waals surface area contributed by atoms with Gasteiger partial charge in [0.2, 0.25) is 0 Å². The van der Waals surface area contributed by atoms with Gasteiger partial charge in [-0.05, 0) is 31.7 Å². The molecule has 1 heterocycles. The van der Waals surface area contributed by atoms with Gasteiger partial charge in [-0.2, -0.15) is 0 Å². The second-order valence-electron chi connectivity index (χ2n) is 4.98. The topological polar surface area (TPSA) is 105 Å². The fourth-order valence-corrected chi connectivity index (χ4v) is 2.13. The number of carboxylic acids is 1. The number of nitrogens with zero attached hydrogens (tertiary/aromatic N) is 2. The molecule has 0 fully saturated rings. The van der Waals surface area contributed by atoms with E-state index in [-0.39, 0.29) is 12.1 Å². The second-order valence-corrected chi connectivity index (χ2v) is 4.98. The van der Waals surface area contributed by atoms with E-state index in [0.29, 0.717) is 30.4 Å². The highest BCUT2D eigenvalue weighted by molar-refractivity contribution is 5.66. The molecule has 21 heavy (non-hydrogen) atoms. The minimum atomic E-state index is -0.769. The molecule has 0 saturated carbocycles. The van der Waals surface area contributed by atoms with E-state index in [1.54, 1.807) is 13.0 Å². The summed E-state index contributed by atoms with van der Waals surface area (Å²) in [5.74, 6) is 0.188. The number of hydrogen-bond donors (Lipinski definition) is 2. The molecule has 0 aliphatic carbocycles. The van der Waals surface area contributed by atoms with Crippen LogP contribution in [-0.4, -0.2) is 27.5 Å². The van der Waals surface area contributed by atoms with Crippen LogP contribution in [0.15, 0.2) is 12.1 Å². The summed E-state index contributed by atoms with van der Waals surface area (Å²) in [4.78, 5) is 24.9. The molecule has 0 bridgehead atoms. The fraction of sp³-hybridized carbons (Fsp3) is 0.571. The number of anilines is 1. The van der Waals surface area contributed by atoms with Gasteiger partial charge in [-0.15, -0.1) is 0 Å². The Hall–Kier alpha value is -2.18. The molecule has 1 aromatic rings. The Morgan fingerprint density at radius 1 is 1.48 bits per heavy atom. The van der Waals surface area contributed by atoms with Crippen LogP contribution in [0.4, 0.5) is 11.5 Å². The minimum absolute atomic E-state index is 0.00782. The van der Waals surface area contributed by atoms with E-state index >= 15 is 0 Å². The van der Waals surface area contributed by atoms with Crippen LogP contribution in [0.2, 0.25) is 0 Å². The summed E-state index contributed by atoms with van der Waals surface area (Å²) >= 11 is 0. The van der Waals surface area contributed by atoms with Crippen molar-refractivity contribution in [3.63, 3.8) is 0 Å². The first kappa shape index (κ1) is 16.9. The van der Waals surface area contributed by atoms with E-state index < -0.39 is 10.9 Å². The third-order valence-corrected chi connectivity index (χ3v) is 3.46. The monoisotopic (exact) mass is 295 g/mol. The van der Waals surface area contributed by atoms with Gasteiger partial charge in [-0.1, -0.05) is 13.3 Å². The first-order chi connectivity index (χ1) is 9.93. The van der Waals surface area contributed by atoms with E-state index in [2.05, 4.69) is 10.3 Å². The Kier molecular flexibility index (Phi) is 6.58. The standard InChI is InChI=1S/C14H21N3O4/c1-3-11(4-7-14(18)19)8-9-15-13-6-5-12(17(20)21)10(2)16-13/h5-6,11H,3-4,7-9H2,1-2H3,(H,15,16)(H,18,19). The number of carboxylic acid groups (broad SMARTS) is 1. The van der Waals surface area contributed by atoms with Crippen molar-refractivity contribution in [2.75, 3.05) is 11.9 Å². The summed E-state index contributed by atoms with van der Waals surface area (Å²) in [6.07, 6.45) is 2.64. The van der Waals surface area contributed by atoms with Crippen LogP contribution >= 0.6 is 0 Å². The molecular formula is C14H21N3O4. The second kappa shape index (κ2) is 8.18. The van der Waals surface area contributed by atoms with Gasteiger partial charge < -0.3 is 10.4 Å². The highest BCUT2D eigenvalue weighted by Crippen LogP contribution is 2.19. The molecule has 0 spiro atoms. The molecule has 1 rings (SSSR count). The highest BCUT2D eigenvalue weighted by Gasteiger charge is 2.12. The van der Waals surface area contributed by atoms with Crippen LogP contribution in [0.1, 0.15) is 38.3 Å². The largest absolute Gasteiger partial charge is 0.481 e. The smallest absolute Gasteiger partial charge is 0.303 e. The molecule has 1 aromatic heterocycles. The van der Waals surface area contributed by atoms with Gasteiger partial charge in [0.1, 0.15) is 11.5 Å². The maximum atomic E-state index is 10.7. The normalized spacial score (nSPS) is 11.9. The van der Waals surface area contributed by atoms with Crippen molar-refractivity contribution < 1.29 is 14.8 Å². The number of aryl methyl sites for hydroxylation is 1. The van der Waals surface area contributed by atoms with Crippen molar-refractivity contribution in [2.45, 2.75) is 39.5 Å². The zero-order valence-electron chi connectivity index (χ0n) is 12.3. The number of nitro groups is 1. The number of carbonyl (C=O) groups is 1. The zero-order chi connectivity index (χ0) is 15.8. The lowest BCUT2D eigenvalue weighted by atomic mass is 9.97. The Morgan fingerprint density at radius 3 is 2.71 bits per heavy atom. The van der Waals surface area contributed by atoms with Crippen LogP contribution in [0.5, 0.6) is 0 Å². The Morgan fingerprint density at radius 2 is 2.19 bits per heavy atom. The summed E-state index contributed by atoms with van der Waals surface area (Å²) in [5, 5.41) is 22.5. The minimum Gasteiger partial charge on any atom is -0.481 e. The van der Waals surface area contributed by atoms with Gasteiger partial charge in [-0.3, -0.25) is 14.9 Å². The van der Waals surface area contributed by atoms with E-state index in [1.807, 2.05) is 6.92 Å². The van der Waals surface area contributed by atoms with E-state index in [4.69, 9.17) is 5.11 Å². The number of nitrogens with one attached hydrogen (secondary N) is 1. The maximum Gasteiger partial charge on any atom is 0.303 e. The van der Waals surface area contributed by atoms with Crippen molar-refractivity contribution in [1.82, 2.24) is 4.98 Å². The summed E-state index contributed by atoms with van der Waals surface area (Å²) in [6.45, 7) is 4.31. The van der Waals surface area contributed by atoms with Crippen molar-refractivity contribution in [3.05, 3.63) is 27.9 Å². The number of aliphatic carboxylic acids is 1. The third kappa shape index (κ3) is 5.76. The van der Waals surface area contributed by atoms with Crippen LogP contribution < -0.4 is 5.32 Å². The van der Waals surface area contributed by atoms with Gasteiger partial charge in [0, 0.05) is 19.0 Å². The Balaban J connectivity index is 2.46. The summed E-state index contributed by atoms with van der Waals surface area (Å²) < 4.78 is 0. The van der Waals surface area contributed by atoms with Crippen LogP contribution in [0.3, 0.4) is 0 Å². The van der Waals surface area contributed by atoms with Crippen LogP contribution in [0.25, 0.3) is 0 Å². The molecule has 0 aliphatic heterocycles. The maximum absolute atomic E-state index is 10.7. The Bertz CT molecular complexity index is 505. The summed E-state index contributed by atoms with van der Waals surface area (Å²) in [6, 6.07) is 3.02. The molecular weight excluding hydrogens is 274 g/mol. The number of pyridine rings is 1. The number of rotatable bonds is 9. The van der Waals surface area contributed by atoms with Crippen LogP contribution in [0, 0.1) is 23.0 Å². The predicted molar refractivity (Wildman–Crippen MR) is 79.4 cm³/mol. The third-order valence-electron chi connectivity index (χ3n) is 3.46. The first-order valence-electron chi connectivity index (χ1n) is 7.01. The SMILES string of the molecule is CCC(CCNc1ccc([N+](=O)[O-])c(C)n1)CCC(=O)O. The molecule has 1 atom stereocenters. The van der Waals surface area contributed by atoms with Gasteiger partial charge in [-0.25, -0.2) is 4.98 Å². The summed E-state index contributed by atoms with van der Waals surface area (Å²) in [5.41, 5.74) is 0.386. The van der Waals surface area contributed by atoms with Gasteiger partial charge in [0.15, 0.2) is 0 Å². The lowest BCUT2D eigenvalue weighted by Gasteiger charge is -2.14. The van der Waals surface area contributed by atoms with E-state index in [1.165, 1.54) is 6.07 Å². The Labute approximate surface area is 123 Å². The highest BCUT2D eigenvalue weighted by atomic mass is 16.6. The molecule has 2 N–H and O–H groups in total. The van der Waals surface area contributed by atoms with Gasteiger partial charge in [0.25, 0.3) is 5.69 Å². The number of hydrogen-bond acceptors (Lipinski definition) is 5. The number of aromatic nitrogens is 1. The van der Waals surface area contributed by atoms with Crippen molar-refractivity contribution in [2.24, 2.45) is 5.92 Å². The summed E-state index contributed by atoms with van der Waals surface area (Å²) in [7, 11) is 0. The average Bonchev–Trinajstić information content (AvgIpc) is 2.42. The molecule has 116 valence electrons. The van der Waals surface area contributed by atoms with Gasteiger partial charge in [0.05, 0.1) is 4.92 Å². The van der Waals surface area contributed by atoms with E-state index in [9.17, 15) is 14.9 Å². The molecule has 7 nitrogen and oxygen atoms in total. The molecule has 0 saturated heterocycles. The molecule has 1 unspecified atom stereocenters. The van der Waals surface area contributed by atoms with Crippen molar-refractivity contribution in [1.29, 1.82) is 0 Å². The van der Waals surface area contributed by atoms with Gasteiger partial charge >= 0.3 is 5.97 Å². The zero-order valence-corrected chi connectivity index (χ0v) is 12.3. The average molecular weight is 295 g/mol. The lowest BCUT2D eigenvalue weighted by Crippen LogP contribution is -2.11. The van der Waals surface area contributed by atoms with Crippen molar-refractivity contribution >= 4 is 17.5 Å². The van der Waals surface area contributed by atoms with E-state index in [0.717, 1.165) is 12.8 Å². The quantitative estimate of drug-likeness (QED) is 0.536. The molecule has 7 heteroatoms. The molecule has 0 aromatic carbocycles. The first-order valence-corrected chi connectivity index (χ1v) is 7.01.